The van der Waals surface area contributed by atoms with E-state index in [0.717, 1.165) is 6.07 Å². The molecule has 0 fully saturated rings. The molecule has 2 aromatic heterocycles. The molecule has 154 valence electrons. The molecule has 0 aliphatic heterocycles. The fourth-order valence-electron chi connectivity index (χ4n) is 3.12. The zero-order valence-corrected chi connectivity index (χ0v) is 16.2. The van der Waals surface area contributed by atoms with E-state index in [1.54, 1.807) is 18.2 Å². The van der Waals surface area contributed by atoms with E-state index in [0.29, 0.717) is 10.1 Å². The standard InChI is InChI=1S/C20H13ClF3N3O3/c1-10-16(18(26-30-10)17-11(21)5-4-6-12(17)22)19(28)29-9-15-25-13-7-2-3-8-14(13)27(15)20(23)24/h2-8,20H,9H2,1H3. The summed E-state index contributed by atoms with van der Waals surface area (Å²) in [5, 5.41) is 3.75. The van der Waals surface area contributed by atoms with Crippen molar-refractivity contribution in [3.05, 3.63) is 70.5 Å². The lowest BCUT2D eigenvalue weighted by Gasteiger charge is -2.09. The van der Waals surface area contributed by atoms with Crippen LogP contribution in [-0.2, 0) is 11.3 Å². The van der Waals surface area contributed by atoms with Crippen LogP contribution in [0.5, 0.6) is 0 Å². The van der Waals surface area contributed by atoms with E-state index in [-0.39, 0.29) is 38.9 Å². The van der Waals surface area contributed by atoms with Crippen molar-refractivity contribution in [1.29, 1.82) is 0 Å². The number of para-hydroxylation sites is 2. The molecular weight excluding hydrogens is 423 g/mol. The van der Waals surface area contributed by atoms with Gasteiger partial charge in [0.1, 0.15) is 29.4 Å². The number of ether oxygens (including phenoxy) is 1. The fourth-order valence-corrected chi connectivity index (χ4v) is 3.38. The Balaban J connectivity index is 1.66. The Morgan fingerprint density at radius 3 is 2.73 bits per heavy atom. The highest BCUT2D eigenvalue weighted by Gasteiger charge is 2.27. The summed E-state index contributed by atoms with van der Waals surface area (Å²) < 4.78 is 52.2. The predicted molar refractivity (Wildman–Crippen MR) is 102 cm³/mol. The predicted octanol–water partition coefficient (Wildman–Crippen LogP) is 5.54. The molecule has 0 saturated heterocycles. The van der Waals surface area contributed by atoms with E-state index >= 15 is 0 Å². The monoisotopic (exact) mass is 435 g/mol. The summed E-state index contributed by atoms with van der Waals surface area (Å²) in [6.07, 6.45) is 0. The van der Waals surface area contributed by atoms with Crippen molar-refractivity contribution >= 4 is 28.6 Å². The largest absolute Gasteiger partial charge is 0.454 e. The number of benzene rings is 2. The van der Waals surface area contributed by atoms with Gasteiger partial charge in [0.05, 0.1) is 21.6 Å². The van der Waals surface area contributed by atoms with Gasteiger partial charge in [0, 0.05) is 0 Å². The third-order valence-corrected chi connectivity index (χ3v) is 4.78. The lowest BCUT2D eigenvalue weighted by Crippen LogP contribution is -2.12. The van der Waals surface area contributed by atoms with E-state index in [2.05, 4.69) is 10.1 Å². The van der Waals surface area contributed by atoms with Crippen LogP contribution in [0.25, 0.3) is 22.3 Å². The number of imidazole rings is 1. The van der Waals surface area contributed by atoms with Crippen LogP contribution in [0.15, 0.2) is 47.0 Å². The lowest BCUT2D eigenvalue weighted by molar-refractivity contribution is 0.0386. The van der Waals surface area contributed by atoms with Crippen LogP contribution in [0.4, 0.5) is 13.2 Å². The summed E-state index contributed by atoms with van der Waals surface area (Å²) in [7, 11) is 0. The number of halogens is 4. The molecule has 0 spiro atoms. The highest BCUT2D eigenvalue weighted by Crippen LogP contribution is 2.34. The van der Waals surface area contributed by atoms with Crippen LogP contribution in [0.2, 0.25) is 5.02 Å². The van der Waals surface area contributed by atoms with Gasteiger partial charge in [-0.1, -0.05) is 35.0 Å². The Morgan fingerprint density at radius 1 is 1.23 bits per heavy atom. The minimum atomic E-state index is -2.88. The van der Waals surface area contributed by atoms with Gasteiger partial charge in [0.25, 0.3) is 0 Å². The van der Waals surface area contributed by atoms with Crippen molar-refractivity contribution in [2.75, 3.05) is 0 Å². The molecule has 30 heavy (non-hydrogen) atoms. The molecule has 2 heterocycles. The molecule has 0 aliphatic rings. The molecule has 0 atom stereocenters. The van der Waals surface area contributed by atoms with Gasteiger partial charge in [-0.25, -0.2) is 14.2 Å². The smallest absolute Gasteiger partial charge is 0.344 e. The number of carbonyl (C=O) groups is 1. The van der Waals surface area contributed by atoms with Crippen molar-refractivity contribution in [3.63, 3.8) is 0 Å². The first-order valence-electron chi connectivity index (χ1n) is 8.70. The Labute approximate surface area is 172 Å². The van der Waals surface area contributed by atoms with Gasteiger partial charge in [0.15, 0.2) is 5.82 Å². The summed E-state index contributed by atoms with van der Waals surface area (Å²) in [6.45, 7) is -1.97. The van der Waals surface area contributed by atoms with Gasteiger partial charge in [-0.15, -0.1) is 0 Å². The number of hydrogen-bond donors (Lipinski definition) is 0. The molecule has 0 unspecified atom stereocenters. The molecule has 0 saturated carbocycles. The van der Waals surface area contributed by atoms with E-state index in [1.165, 1.54) is 25.1 Å². The van der Waals surface area contributed by atoms with Crippen molar-refractivity contribution in [2.24, 2.45) is 0 Å². The summed E-state index contributed by atoms with van der Waals surface area (Å²) in [5.74, 6) is -1.71. The number of fused-ring (bicyclic) bond motifs is 1. The molecule has 2 aromatic carbocycles. The number of alkyl halides is 2. The molecular formula is C20H13ClF3N3O3. The molecule has 4 rings (SSSR count). The highest BCUT2D eigenvalue weighted by atomic mass is 35.5. The lowest BCUT2D eigenvalue weighted by atomic mass is 10.1. The van der Waals surface area contributed by atoms with E-state index in [9.17, 15) is 18.0 Å². The second kappa shape index (κ2) is 7.83. The molecule has 0 bridgehead atoms. The van der Waals surface area contributed by atoms with Crippen molar-refractivity contribution in [2.45, 2.75) is 20.1 Å². The zero-order valence-electron chi connectivity index (χ0n) is 15.4. The first kappa shape index (κ1) is 20.0. The second-order valence-corrected chi connectivity index (χ2v) is 6.71. The Hall–Kier alpha value is -3.33. The molecule has 4 aromatic rings. The minimum Gasteiger partial charge on any atom is -0.454 e. The molecule has 10 heteroatoms. The topological polar surface area (TPSA) is 70.2 Å². The number of hydrogen-bond acceptors (Lipinski definition) is 5. The zero-order chi connectivity index (χ0) is 21.4. The summed E-state index contributed by atoms with van der Waals surface area (Å²) in [5.41, 5.74) is 0.134. The van der Waals surface area contributed by atoms with Gasteiger partial charge in [-0.2, -0.15) is 8.78 Å². The first-order chi connectivity index (χ1) is 14.4. The van der Waals surface area contributed by atoms with Crippen LogP contribution in [-0.4, -0.2) is 20.7 Å². The maximum Gasteiger partial charge on any atom is 0.344 e. The molecule has 0 amide bonds. The second-order valence-electron chi connectivity index (χ2n) is 6.30. The number of rotatable bonds is 5. The van der Waals surface area contributed by atoms with E-state index in [4.69, 9.17) is 20.9 Å². The Kier molecular flexibility index (Phi) is 5.21. The summed E-state index contributed by atoms with van der Waals surface area (Å²) >= 11 is 6.05. The Bertz CT molecular complexity index is 1230. The minimum absolute atomic E-state index is 0.0249. The molecule has 6 nitrogen and oxygen atoms in total. The molecule has 0 radical (unpaired) electrons. The van der Waals surface area contributed by atoms with Crippen LogP contribution >= 0.6 is 11.6 Å². The maximum absolute atomic E-state index is 14.3. The number of nitrogens with zero attached hydrogens (tertiary/aromatic N) is 3. The average Bonchev–Trinajstić information content (AvgIpc) is 3.26. The van der Waals surface area contributed by atoms with Crippen LogP contribution in [0, 0.1) is 12.7 Å². The molecule has 0 aliphatic carbocycles. The van der Waals surface area contributed by atoms with Gasteiger partial charge in [-0.3, -0.25) is 4.57 Å². The van der Waals surface area contributed by atoms with Crippen LogP contribution in [0.1, 0.15) is 28.5 Å². The average molecular weight is 436 g/mol. The van der Waals surface area contributed by atoms with Gasteiger partial charge >= 0.3 is 12.5 Å². The van der Waals surface area contributed by atoms with E-state index in [1.807, 2.05) is 0 Å². The van der Waals surface area contributed by atoms with Crippen molar-refractivity contribution < 1.29 is 27.2 Å². The third-order valence-electron chi connectivity index (χ3n) is 4.46. The number of esters is 1. The Morgan fingerprint density at radius 2 is 2.00 bits per heavy atom. The van der Waals surface area contributed by atoms with Gasteiger partial charge in [0.2, 0.25) is 0 Å². The summed E-state index contributed by atoms with van der Waals surface area (Å²) in [4.78, 5) is 16.8. The van der Waals surface area contributed by atoms with Gasteiger partial charge in [-0.05, 0) is 31.2 Å². The maximum atomic E-state index is 14.3. The van der Waals surface area contributed by atoms with Crippen LogP contribution < -0.4 is 0 Å². The highest BCUT2D eigenvalue weighted by molar-refractivity contribution is 6.33. The van der Waals surface area contributed by atoms with Crippen LogP contribution in [0.3, 0.4) is 0 Å². The molecule has 0 N–H and O–H groups in total. The van der Waals surface area contributed by atoms with Gasteiger partial charge < -0.3 is 9.26 Å². The third kappa shape index (κ3) is 3.41. The SMILES string of the molecule is Cc1onc(-c2c(F)cccc2Cl)c1C(=O)OCc1nc2ccccc2n1C(F)F. The number of aromatic nitrogens is 3. The van der Waals surface area contributed by atoms with Crippen molar-refractivity contribution in [1.82, 2.24) is 14.7 Å². The first-order valence-corrected chi connectivity index (χ1v) is 9.08. The normalized spacial score (nSPS) is 11.4. The van der Waals surface area contributed by atoms with Crippen molar-refractivity contribution in [3.8, 4) is 11.3 Å². The van der Waals surface area contributed by atoms with E-state index < -0.39 is 24.9 Å². The quantitative estimate of drug-likeness (QED) is 0.385. The number of aryl methyl sites for hydroxylation is 1. The summed E-state index contributed by atoms with van der Waals surface area (Å²) in [6, 6.07) is 10.3. The number of carbonyl (C=O) groups excluding carboxylic acids is 1. The fraction of sp³-hybridized carbons (Fsp3) is 0.150.